The third-order valence-corrected chi connectivity index (χ3v) is 8.78. The molecule has 2 amide bonds. The monoisotopic (exact) mass is 561 g/mol. The van der Waals surface area contributed by atoms with Crippen molar-refractivity contribution in [1.82, 2.24) is 24.5 Å². The first-order chi connectivity index (χ1) is 18.2. The Kier molecular flexibility index (Phi) is 7.73. The topological polar surface area (TPSA) is 128 Å². The van der Waals surface area contributed by atoms with E-state index in [0.717, 1.165) is 18.5 Å². The van der Waals surface area contributed by atoms with Gasteiger partial charge in [-0.1, -0.05) is 11.6 Å². The molecule has 0 radical (unpaired) electrons. The maximum absolute atomic E-state index is 12.7. The van der Waals surface area contributed by atoms with E-state index in [0.29, 0.717) is 74.5 Å². The number of hydrogen-bond donors (Lipinski definition) is 2. The summed E-state index contributed by atoms with van der Waals surface area (Å²) >= 11 is 6.36. The highest BCUT2D eigenvalue weighted by molar-refractivity contribution is 7.88. The zero-order valence-corrected chi connectivity index (χ0v) is 22.8. The van der Waals surface area contributed by atoms with Crippen LogP contribution in [-0.2, 0) is 14.8 Å². The largest absolute Gasteiger partial charge is 0.349 e. The summed E-state index contributed by atoms with van der Waals surface area (Å²) in [5, 5.41) is 6.57. The predicted octanol–water partition coefficient (Wildman–Crippen LogP) is 2.09. The van der Waals surface area contributed by atoms with Crippen molar-refractivity contribution in [2.45, 2.75) is 31.7 Å². The molecular formula is C25H32ClN7O4S. The summed E-state index contributed by atoms with van der Waals surface area (Å²) in [5.74, 6) is 1.30. The number of aromatic nitrogens is 2. The highest BCUT2D eigenvalue weighted by Gasteiger charge is 2.35. The molecule has 2 N–H and O–H groups in total. The van der Waals surface area contributed by atoms with Crippen molar-refractivity contribution in [2.75, 3.05) is 55.7 Å². The van der Waals surface area contributed by atoms with Gasteiger partial charge in [0.05, 0.1) is 12.5 Å². The van der Waals surface area contributed by atoms with Gasteiger partial charge in [0.1, 0.15) is 5.02 Å². The molecule has 3 fully saturated rings. The van der Waals surface area contributed by atoms with Crippen LogP contribution in [0.15, 0.2) is 30.5 Å². The molecule has 1 saturated carbocycles. The molecule has 2 saturated heterocycles. The third-order valence-electron chi connectivity index (χ3n) is 7.20. The van der Waals surface area contributed by atoms with Gasteiger partial charge in [0.15, 0.2) is 5.82 Å². The molecule has 2 aliphatic heterocycles. The minimum atomic E-state index is -3.20. The molecular weight excluding hydrogens is 530 g/mol. The van der Waals surface area contributed by atoms with E-state index in [1.165, 1.54) is 10.6 Å². The van der Waals surface area contributed by atoms with Crippen LogP contribution in [0.5, 0.6) is 0 Å². The molecule has 11 nitrogen and oxygen atoms in total. The molecule has 3 heterocycles. The van der Waals surface area contributed by atoms with Crippen LogP contribution in [0, 0.1) is 5.92 Å². The average molecular weight is 562 g/mol. The number of benzene rings is 1. The van der Waals surface area contributed by atoms with E-state index >= 15 is 0 Å². The number of rotatable bonds is 7. The van der Waals surface area contributed by atoms with E-state index in [1.54, 1.807) is 30.5 Å². The summed E-state index contributed by atoms with van der Waals surface area (Å²) in [6.45, 7) is 3.45. The molecule has 2 aromatic rings. The van der Waals surface area contributed by atoms with E-state index in [2.05, 4.69) is 20.6 Å². The molecule has 38 heavy (non-hydrogen) atoms. The van der Waals surface area contributed by atoms with Gasteiger partial charge in [-0.3, -0.25) is 9.59 Å². The summed E-state index contributed by atoms with van der Waals surface area (Å²) < 4.78 is 24.8. The minimum absolute atomic E-state index is 0.0646. The number of piperidine rings is 1. The Morgan fingerprint density at radius 2 is 1.63 bits per heavy atom. The summed E-state index contributed by atoms with van der Waals surface area (Å²) in [6.07, 6.45) is 5.94. The van der Waals surface area contributed by atoms with Crippen molar-refractivity contribution in [3.63, 3.8) is 0 Å². The molecule has 0 spiro atoms. The number of anilines is 3. The van der Waals surface area contributed by atoms with Gasteiger partial charge in [-0.05, 0) is 49.9 Å². The number of amides is 2. The number of halogens is 1. The van der Waals surface area contributed by atoms with Gasteiger partial charge in [-0.2, -0.15) is 4.98 Å². The Bertz CT molecular complexity index is 1290. The van der Waals surface area contributed by atoms with Gasteiger partial charge in [-0.25, -0.2) is 17.7 Å². The van der Waals surface area contributed by atoms with Gasteiger partial charge in [0, 0.05) is 62.5 Å². The van der Waals surface area contributed by atoms with Gasteiger partial charge >= 0.3 is 0 Å². The average Bonchev–Trinajstić information content (AvgIpc) is 3.76. The van der Waals surface area contributed by atoms with Crippen molar-refractivity contribution in [1.29, 1.82) is 0 Å². The fourth-order valence-corrected chi connectivity index (χ4v) is 5.77. The predicted molar refractivity (Wildman–Crippen MR) is 145 cm³/mol. The summed E-state index contributed by atoms with van der Waals surface area (Å²) in [7, 11) is -3.20. The second-order valence-electron chi connectivity index (χ2n) is 10.1. The summed E-state index contributed by atoms with van der Waals surface area (Å²) in [4.78, 5) is 38.0. The number of piperazine rings is 1. The number of sulfonamides is 1. The normalized spacial score (nSPS) is 19.3. The van der Waals surface area contributed by atoms with E-state index in [1.807, 2.05) is 9.80 Å². The Labute approximate surface area is 227 Å². The molecule has 1 aliphatic carbocycles. The fraction of sp³-hybridized carbons (Fsp3) is 0.520. The van der Waals surface area contributed by atoms with Crippen molar-refractivity contribution in [3.05, 3.63) is 41.0 Å². The first-order valence-corrected chi connectivity index (χ1v) is 15.1. The molecule has 13 heteroatoms. The number of nitrogens with zero attached hydrogens (tertiary/aromatic N) is 5. The van der Waals surface area contributed by atoms with Crippen LogP contribution in [0.1, 0.15) is 36.0 Å². The number of carbonyl (C=O) groups excluding carboxylic acids is 2. The number of nitrogens with one attached hydrogen (secondary N) is 2. The standard InChI is InChI=1S/C25H32ClN7O4S/c1-38(36,37)33-10-8-20(9-11-33)29-23(34)17-4-6-19(7-5-17)28-22-21(26)16-27-25(30-22)32-14-12-31(13-15-32)24(35)18-2-3-18/h4-7,16,18,20H,2-3,8-15H2,1H3,(H,29,34)(H,27,28,30). The Hall–Kier alpha value is -2.96. The van der Waals surface area contributed by atoms with Gasteiger partial charge < -0.3 is 20.4 Å². The van der Waals surface area contributed by atoms with Crippen molar-refractivity contribution >= 4 is 50.9 Å². The number of carbonyl (C=O) groups is 2. The van der Waals surface area contributed by atoms with Crippen LogP contribution < -0.4 is 15.5 Å². The lowest BCUT2D eigenvalue weighted by atomic mass is 10.1. The molecule has 0 bridgehead atoms. The Morgan fingerprint density at radius 1 is 0.974 bits per heavy atom. The second kappa shape index (κ2) is 11.0. The lowest BCUT2D eigenvalue weighted by Crippen LogP contribution is -2.49. The lowest BCUT2D eigenvalue weighted by molar-refractivity contribution is -0.132. The lowest BCUT2D eigenvalue weighted by Gasteiger charge is -2.35. The summed E-state index contributed by atoms with van der Waals surface area (Å²) in [6, 6.07) is 6.93. The number of hydrogen-bond acceptors (Lipinski definition) is 8. The highest BCUT2D eigenvalue weighted by atomic mass is 35.5. The SMILES string of the molecule is CS(=O)(=O)N1CCC(NC(=O)c2ccc(Nc3nc(N4CCN(C(=O)C5CC5)CC4)ncc3Cl)cc2)CC1. The van der Waals surface area contributed by atoms with Crippen LogP contribution in [0.3, 0.4) is 0 Å². The van der Waals surface area contributed by atoms with Gasteiger partial charge in [0.25, 0.3) is 5.91 Å². The van der Waals surface area contributed by atoms with Crippen LogP contribution in [0.25, 0.3) is 0 Å². The highest BCUT2D eigenvalue weighted by Crippen LogP contribution is 2.31. The summed E-state index contributed by atoms with van der Waals surface area (Å²) in [5.41, 5.74) is 1.23. The molecule has 0 atom stereocenters. The molecule has 1 aromatic carbocycles. The first kappa shape index (κ1) is 26.6. The zero-order valence-electron chi connectivity index (χ0n) is 21.3. The van der Waals surface area contributed by atoms with E-state index in [4.69, 9.17) is 11.6 Å². The van der Waals surface area contributed by atoms with Crippen LogP contribution in [0.4, 0.5) is 17.5 Å². The zero-order chi connectivity index (χ0) is 26.9. The smallest absolute Gasteiger partial charge is 0.251 e. The Morgan fingerprint density at radius 3 is 2.24 bits per heavy atom. The fourth-order valence-electron chi connectivity index (χ4n) is 4.76. The molecule has 0 unspecified atom stereocenters. The third kappa shape index (κ3) is 6.36. The van der Waals surface area contributed by atoms with Crippen LogP contribution in [0.2, 0.25) is 5.02 Å². The molecule has 204 valence electrons. The van der Waals surface area contributed by atoms with Crippen molar-refractivity contribution in [2.24, 2.45) is 5.92 Å². The quantitative estimate of drug-likeness (QED) is 0.526. The van der Waals surface area contributed by atoms with Gasteiger partial charge in [-0.15, -0.1) is 0 Å². The van der Waals surface area contributed by atoms with E-state index in [9.17, 15) is 18.0 Å². The van der Waals surface area contributed by atoms with Crippen molar-refractivity contribution in [3.8, 4) is 0 Å². The van der Waals surface area contributed by atoms with Gasteiger partial charge in [0.2, 0.25) is 21.9 Å². The van der Waals surface area contributed by atoms with Crippen molar-refractivity contribution < 1.29 is 18.0 Å². The van der Waals surface area contributed by atoms with E-state index < -0.39 is 10.0 Å². The minimum Gasteiger partial charge on any atom is -0.349 e. The molecule has 3 aliphatic rings. The molecule has 1 aromatic heterocycles. The van der Waals surface area contributed by atoms with Crippen LogP contribution in [-0.4, -0.2) is 91.0 Å². The maximum Gasteiger partial charge on any atom is 0.251 e. The Balaban J connectivity index is 1.15. The second-order valence-corrected chi connectivity index (χ2v) is 12.5. The maximum atomic E-state index is 12.7. The first-order valence-electron chi connectivity index (χ1n) is 12.9. The molecule has 5 rings (SSSR count). The van der Waals surface area contributed by atoms with E-state index in [-0.39, 0.29) is 23.8 Å². The van der Waals surface area contributed by atoms with Crippen LogP contribution >= 0.6 is 11.6 Å².